The van der Waals surface area contributed by atoms with Crippen molar-refractivity contribution in [3.8, 4) is 0 Å². The molecule has 0 spiro atoms. The van der Waals surface area contributed by atoms with E-state index in [1.54, 1.807) is 0 Å². The summed E-state index contributed by atoms with van der Waals surface area (Å²) in [6.07, 6.45) is 11.8. The molecular formula is C16H27N3OS. The summed E-state index contributed by atoms with van der Waals surface area (Å²) in [6.45, 7) is 0. The number of rotatable bonds is 5. The number of hydrogen-bond donors (Lipinski definition) is 1. The fourth-order valence-electron chi connectivity index (χ4n) is 3.67. The molecule has 5 heteroatoms. The molecule has 2 aliphatic carbocycles. The van der Waals surface area contributed by atoms with Crippen molar-refractivity contribution in [1.29, 1.82) is 0 Å². The van der Waals surface area contributed by atoms with Crippen LogP contribution in [0.5, 0.6) is 0 Å². The zero-order chi connectivity index (χ0) is 14.5. The molecule has 118 valence electrons. The number of nitrogens with zero attached hydrogens (tertiary/aromatic N) is 2. The highest BCUT2D eigenvalue weighted by atomic mass is 32.2. The van der Waals surface area contributed by atoms with E-state index in [0.717, 1.165) is 22.7 Å². The lowest BCUT2D eigenvalue weighted by Crippen LogP contribution is -2.31. The molecule has 2 fully saturated rings. The summed E-state index contributed by atoms with van der Waals surface area (Å²) in [5.74, 6) is 3.06. The Kier molecular flexibility index (Phi) is 5.58. The van der Waals surface area contributed by atoms with Gasteiger partial charge in [-0.2, -0.15) is 16.7 Å². The van der Waals surface area contributed by atoms with Gasteiger partial charge in [-0.1, -0.05) is 37.3 Å². The minimum absolute atomic E-state index is 0.398. The van der Waals surface area contributed by atoms with Crippen molar-refractivity contribution in [2.24, 2.45) is 0 Å². The van der Waals surface area contributed by atoms with Gasteiger partial charge in [0.2, 0.25) is 5.89 Å². The SMILES string of the molecule is CNC1CCCCCC1c1nc(CSC2CCCC2)no1. The molecule has 3 rings (SSSR count). The zero-order valence-electron chi connectivity index (χ0n) is 13.0. The molecule has 0 aromatic carbocycles. The second-order valence-electron chi connectivity index (χ2n) is 6.41. The van der Waals surface area contributed by atoms with E-state index in [1.165, 1.54) is 57.8 Å². The van der Waals surface area contributed by atoms with E-state index in [2.05, 4.69) is 17.5 Å². The largest absolute Gasteiger partial charge is 0.339 e. The van der Waals surface area contributed by atoms with E-state index >= 15 is 0 Å². The van der Waals surface area contributed by atoms with Gasteiger partial charge in [0.25, 0.3) is 0 Å². The van der Waals surface area contributed by atoms with Crippen molar-refractivity contribution >= 4 is 11.8 Å². The molecular weight excluding hydrogens is 282 g/mol. The van der Waals surface area contributed by atoms with Crippen LogP contribution in [0, 0.1) is 0 Å². The number of nitrogens with one attached hydrogen (secondary N) is 1. The van der Waals surface area contributed by atoms with Gasteiger partial charge >= 0.3 is 0 Å². The van der Waals surface area contributed by atoms with Gasteiger partial charge < -0.3 is 9.84 Å². The van der Waals surface area contributed by atoms with E-state index in [-0.39, 0.29) is 0 Å². The molecule has 2 saturated carbocycles. The number of hydrogen-bond acceptors (Lipinski definition) is 5. The molecule has 2 aliphatic rings. The highest BCUT2D eigenvalue weighted by Crippen LogP contribution is 2.33. The molecule has 0 aliphatic heterocycles. The van der Waals surface area contributed by atoms with Gasteiger partial charge in [-0.05, 0) is 32.7 Å². The Balaban J connectivity index is 1.59. The molecule has 2 atom stereocenters. The molecule has 1 aromatic rings. The minimum Gasteiger partial charge on any atom is -0.339 e. The lowest BCUT2D eigenvalue weighted by Gasteiger charge is -2.20. The van der Waals surface area contributed by atoms with Gasteiger partial charge in [-0.15, -0.1) is 0 Å². The monoisotopic (exact) mass is 309 g/mol. The summed E-state index contributed by atoms with van der Waals surface area (Å²) >= 11 is 2.01. The Labute approximate surface area is 131 Å². The number of likely N-dealkylation sites (N-methyl/N-ethyl adjacent to an activating group) is 1. The molecule has 0 amide bonds. The summed E-state index contributed by atoms with van der Waals surface area (Å²) in [5.41, 5.74) is 0. The van der Waals surface area contributed by atoms with E-state index in [4.69, 9.17) is 9.51 Å². The fourth-order valence-corrected chi connectivity index (χ4v) is 4.84. The standard InChI is InChI=1S/C16H27N3OS/c1-17-14-10-4-2-3-9-13(14)16-18-15(19-20-16)11-21-12-7-5-6-8-12/h12-14,17H,2-11H2,1H3. The molecule has 2 unspecified atom stereocenters. The van der Waals surface area contributed by atoms with Crippen LogP contribution in [0.15, 0.2) is 4.52 Å². The van der Waals surface area contributed by atoms with Crippen molar-refractivity contribution in [3.63, 3.8) is 0 Å². The smallest absolute Gasteiger partial charge is 0.231 e. The average molecular weight is 309 g/mol. The van der Waals surface area contributed by atoms with Crippen molar-refractivity contribution in [1.82, 2.24) is 15.5 Å². The van der Waals surface area contributed by atoms with Gasteiger partial charge in [0.05, 0.1) is 11.7 Å². The van der Waals surface area contributed by atoms with E-state index in [9.17, 15) is 0 Å². The van der Waals surface area contributed by atoms with Crippen LogP contribution in [0.2, 0.25) is 0 Å². The van der Waals surface area contributed by atoms with Crippen molar-refractivity contribution in [2.45, 2.75) is 80.7 Å². The molecule has 1 heterocycles. The average Bonchev–Trinajstić information content (AvgIpc) is 3.12. The van der Waals surface area contributed by atoms with Crippen LogP contribution in [0.4, 0.5) is 0 Å². The van der Waals surface area contributed by atoms with E-state index < -0.39 is 0 Å². The summed E-state index contributed by atoms with van der Waals surface area (Å²) in [4.78, 5) is 4.70. The van der Waals surface area contributed by atoms with Gasteiger partial charge in [0, 0.05) is 11.3 Å². The predicted molar refractivity (Wildman–Crippen MR) is 86.5 cm³/mol. The molecule has 4 nitrogen and oxygen atoms in total. The first kappa shape index (κ1) is 15.3. The first-order valence-corrected chi connectivity index (χ1v) is 9.53. The Bertz CT molecular complexity index is 431. The van der Waals surface area contributed by atoms with Crippen molar-refractivity contribution in [2.75, 3.05) is 7.05 Å². The molecule has 21 heavy (non-hydrogen) atoms. The first-order chi connectivity index (χ1) is 10.4. The third-order valence-corrected chi connectivity index (χ3v) is 6.31. The maximum absolute atomic E-state index is 5.59. The Morgan fingerprint density at radius 1 is 1.10 bits per heavy atom. The van der Waals surface area contributed by atoms with E-state index in [1.807, 2.05) is 11.8 Å². The highest BCUT2D eigenvalue weighted by Gasteiger charge is 2.28. The van der Waals surface area contributed by atoms with Crippen LogP contribution in [0.3, 0.4) is 0 Å². The maximum Gasteiger partial charge on any atom is 0.231 e. The van der Waals surface area contributed by atoms with Crippen molar-refractivity contribution in [3.05, 3.63) is 11.7 Å². The van der Waals surface area contributed by atoms with Crippen LogP contribution >= 0.6 is 11.8 Å². The van der Waals surface area contributed by atoms with Crippen LogP contribution in [0.25, 0.3) is 0 Å². The van der Waals surface area contributed by atoms with Crippen LogP contribution in [0.1, 0.15) is 75.4 Å². The van der Waals surface area contributed by atoms with E-state index in [0.29, 0.717) is 12.0 Å². The fraction of sp³-hybridized carbons (Fsp3) is 0.875. The van der Waals surface area contributed by atoms with Gasteiger partial charge in [0.1, 0.15) is 0 Å². The second kappa shape index (κ2) is 7.63. The maximum atomic E-state index is 5.59. The van der Waals surface area contributed by atoms with Gasteiger partial charge in [-0.25, -0.2) is 0 Å². The molecule has 0 saturated heterocycles. The number of thioether (sulfide) groups is 1. The molecule has 0 bridgehead atoms. The number of aromatic nitrogens is 2. The predicted octanol–water partition coefficient (Wildman–Crippen LogP) is 3.88. The Hall–Kier alpha value is -0.550. The second-order valence-corrected chi connectivity index (χ2v) is 7.69. The first-order valence-electron chi connectivity index (χ1n) is 8.48. The summed E-state index contributed by atoms with van der Waals surface area (Å²) in [6, 6.07) is 0.489. The van der Waals surface area contributed by atoms with Crippen molar-refractivity contribution < 1.29 is 4.52 Å². The molecule has 0 radical (unpaired) electrons. The third-order valence-electron chi connectivity index (χ3n) is 4.94. The Morgan fingerprint density at radius 3 is 2.67 bits per heavy atom. The van der Waals surface area contributed by atoms with Crippen LogP contribution in [-0.2, 0) is 5.75 Å². The summed E-state index contributed by atoms with van der Waals surface area (Å²) in [5, 5.41) is 8.48. The summed E-state index contributed by atoms with van der Waals surface area (Å²) < 4.78 is 5.59. The minimum atomic E-state index is 0.398. The lowest BCUT2D eigenvalue weighted by atomic mass is 9.95. The normalized spacial score (nSPS) is 27.9. The van der Waals surface area contributed by atoms with Gasteiger partial charge in [-0.3, -0.25) is 0 Å². The zero-order valence-corrected chi connectivity index (χ0v) is 13.8. The third kappa shape index (κ3) is 4.01. The van der Waals surface area contributed by atoms with Gasteiger partial charge in [0.15, 0.2) is 5.82 Å². The summed E-state index contributed by atoms with van der Waals surface area (Å²) in [7, 11) is 2.05. The quantitative estimate of drug-likeness (QED) is 0.836. The lowest BCUT2D eigenvalue weighted by molar-refractivity contribution is 0.309. The molecule has 1 N–H and O–H groups in total. The molecule has 1 aromatic heterocycles. The topological polar surface area (TPSA) is 51.0 Å². The highest BCUT2D eigenvalue weighted by molar-refractivity contribution is 7.99. The van der Waals surface area contributed by atoms with Crippen LogP contribution in [-0.4, -0.2) is 28.5 Å². The Morgan fingerprint density at radius 2 is 1.86 bits per heavy atom. The van der Waals surface area contributed by atoms with Crippen LogP contribution < -0.4 is 5.32 Å².